The molecule has 1 aromatic rings. The van der Waals surface area contributed by atoms with Crippen molar-refractivity contribution in [2.75, 3.05) is 31.1 Å². The Labute approximate surface area is 196 Å². The summed E-state index contributed by atoms with van der Waals surface area (Å²) in [5, 5.41) is 2.95. The molecule has 0 radical (unpaired) electrons. The third-order valence-electron chi connectivity index (χ3n) is 6.94. The maximum atomic E-state index is 13.2. The van der Waals surface area contributed by atoms with Crippen molar-refractivity contribution in [2.24, 2.45) is 0 Å². The Morgan fingerprint density at radius 2 is 1.61 bits per heavy atom. The van der Waals surface area contributed by atoms with E-state index in [9.17, 15) is 18.0 Å². The molecule has 0 bridgehead atoms. The van der Waals surface area contributed by atoms with Gasteiger partial charge in [0, 0.05) is 32.2 Å². The molecule has 1 amide bonds. The molecule has 3 aliphatic rings. The number of benzene rings is 1. The normalized spacial score (nSPS) is 21.2. The minimum Gasteiger partial charge on any atom is -0.449 e. The van der Waals surface area contributed by atoms with E-state index >= 15 is 0 Å². The quantitative estimate of drug-likeness (QED) is 0.607. The van der Waals surface area contributed by atoms with E-state index in [1.807, 2.05) is 0 Å². The number of carbonyl (C=O) groups is 2. The Kier molecular flexibility index (Phi) is 7.58. The summed E-state index contributed by atoms with van der Waals surface area (Å²) in [4.78, 5) is 27.9. The molecule has 2 heterocycles. The fourth-order valence-electron chi connectivity index (χ4n) is 4.99. The minimum atomic E-state index is -3.69. The van der Waals surface area contributed by atoms with Gasteiger partial charge in [0.05, 0.1) is 16.1 Å². The molecule has 1 atom stereocenters. The van der Waals surface area contributed by atoms with Gasteiger partial charge >= 0.3 is 5.97 Å². The van der Waals surface area contributed by atoms with E-state index in [0.717, 1.165) is 70.9 Å². The van der Waals surface area contributed by atoms with E-state index in [2.05, 4.69) is 10.2 Å². The SMILES string of the molecule is CC(OC(=O)c1cc(S(=O)(=O)N2CCCCC2)ccc1N1CCCC1)C(=O)NC1CCCC1. The van der Waals surface area contributed by atoms with Crippen LogP contribution in [0.5, 0.6) is 0 Å². The van der Waals surface area contributed by atoms with Crippen LogP contribution in [0.15, 0.2) is 23.1 Å². The second-order valence-electron chi connectivity index (χ2n) is 9.38. The zero-order chi connectivity index (χ0) is 23.4. The molecule has 2 saturated heterocycles. The molecule has 9 heteroatoms. The van der Waals surface area contributed by atoms with Gasteiger partial charge < -0.3 is 15.0 Å². The summed E-state index contributed by atoms with van der Waals surface area (Å²) in [6.07, 6.45) is 7.87. The Morgan fingerprint density at radius 1 is 0.970 bits per heavy atom. The van der Waals surface area contributed by atoms with Crippen LogP contribution in [0.3, 0.4) is 0 Å². The standard InChI is InChI=1S/C24H35N3O5S/c1-18(23(28)25-19-9-3-4-10-19)32-24(29)21-17-20(11-12-22(21)26-13-7-8-14-26)33(30,31)27-15-5-2-6-16-27/h11-12,17-19H,2-10,13-16H2,1H3,(H,25,28). The summed E-state index contributed by atoms with van der Waals surface area (Å²) in [6.45, 7) is 4.15. The first kappa shape index (κ1) is 24.0. The number of hydrogen-bond donors (Lipinski definition) is 1. The lowest BCUT2D eigenvalue weighted by Crippen LogP contribution is -2.41. The number of piperidine rings is 1. The first-order chi connectivity index (χ1) is 15.9. The maximum absolute atomic E-state index is 13.2. The number of carbonyl (C=O) groups excluding carboxylic acids is 2. The molecule has 4 rings (SSSR count). The van der Waals surface area contributed by atoms with Crippen LogP contribution >= 0.6 is 0 Å². The average molecular weight is 478 g/mol. The van der Waals surface area contributed by atoms with E-state index in [1.54, 1.807) is 19.1 Å². The first-order valence-electron chi connectivity index (χ1n) is 12.3. The van der Waals surface area contributed by atoms with Crippen LogP contribution in [0.4, 0.5) is 5.69 Å². The number of sulfonamides is 1. The number of esters is 1. The topological polar surface area (TPSA) is 96.0 Å². The van der Waals surface area contributed by atoms with Crippen LogP contribution in [-0.2, 0) is 19.6 Å². The number of amides is 1. The molecular formula is C24H35N3O5S. The van der Waals surface area contributed by atoms with E-state index < -0.39 is 22.1 Å². The molecule has 1 unspecified atom stereocenters. The number of nitrogens with zero attached hydrogens (tertiary/aromatic N) is 2. The molecule has 182 valence electrons. The third kappa shape index (κ3) is 5.51. The maximum Gasteiger partial charge on any atom is 0.341 e. The summed E-state index contributed by atoms with van der Waals surface area (Å²) in [6, 6.07) is 4.87. The average Bonchev–Trinajstić information content (AvgIpc) is 3.53. The highest BCUT2D eigenvalue weighted by Crippen LogP contribution is 2.30. The minimum absolute atomic E-state index is 0.0994. The van der Waals surface area contributed by atoms with Crippen LogP contribution < -0.4 is 10.2 Å². The molecule has 1 aromatic carbocycles. The van der Waals surface area contributed by atoms with Crippen molar-refractivity contribution in [1.29, 1.82) is 0 Å². The van der Waals surface area contributed by atoms with Crippen LogP contribution in [-0.4, -0.2) is 62.9 Å². The monoisotopic (exact) mass is 477 g/mol. The van der Waals surface area contributed by atoms with Crippen molar-refractivity contribution in [2.45, 2.75) is 81.8 Å². The lowest BCUT2D eigenvalue weighted by Gasteiger charge is -2.27. The predicted octanol–water partition coefficient (Wildman–Crippen LogP) is 3.07. The number of hydrogen-bond acceptors (Lipinski definition) is 6. The fraction of sp³-hybridized carbons (Fsp3) is 0.667. The van der Waals surface area contributed by atoms with Gasteiger partial charge in [-0.25, -0.2) is 13.2 Å². The second kappa shape index (κ2) is 10.4. The van der Waals surface area contributed by atoms with Crippen molar-refractivity contribution >= 4 is 27.6 Å². The van der Waals surface area contributed by atoms with E-state index in [1.165, 1.54) is 10.4 Å². The number of anilines is 1. The van der Waals surface area contributed by atoms with Gasteiger partial charge in [-0.1, -0.05) is 19.3 Å². The van der Waals surface area contributed by atoms with Crippen molar-refractivity contribution in [3.8, 4) is 0 Å². The smallest absolute Gasteiger partial charge is 0.341 e. The fourth-order valence-corrected chi connectivity index (χ4v) is 6.54. The van der Waals surface area contributed by atoms with Gasteiger partial charge in [0.25, 0.3) is 5.91 Å². The summed E-state index contributed by atoms with van der Waals surface area (Å²) in [5.74, 6) is -0.975. The van der Waals surface area contributed by atoms with Crippen molar-refractivity contribution in [1.82, 2.24) is 9.62 Å². The zero-order valence-corrected chi connectivity index (χ0v) is 20.2. The molecule has 3 fully saturated rings. The van der Waals surface area contributed by atoms with Crippen LogP contribution in [0.2, 0.25) is 0 Å². The summed E-state index contributed by atoms with van der Waals surface area (Å²) >= 11 is 0. The predicted molar refractivity (Wildman–Crippen MR) is 126 cm³/mol. The van der Waals surface area contributed by atoms with Gasteiger partial charge in [-0.2, -0.15) is 4.31 Å². The summed E-state index contributed by atoms with van der Waals surface area (Å²) < 4.78 is 33.5. The zero-order valence-electron chi connectivity index (χ0n) is 19.4. The Morgan fingerprint density at radius 3 is 2.27 bits per heavy atom. The Balaban J connectivity index is 1.56. The highest BCUT2D eigenvalue weighted by Gasteiger charge is 2.30. The van der Waals surface area contributed by atoms with Gasteiger partial charge in [-0.05, 0) is 63.6 Å². The first-order valence-corrected chi connectivity index (χ1v) is 13.7. The molecule has 1 N–H and O–H groups in total. The molecular weight excluding hydrogens is 442 g/mol. The molecule has 0 aromatic heterocycles. The molecule has 1 saturated carbocycles. The molecule has 0 spiro atoms. The van der Waals surface area contributed by atoms with Crippen LogP contribution in [0.1, 0.15) is 75.1 Å². The number of ether oxygens (including phenoxy) is 1. The molecule has 1 aliphatic carbocycles. The largest absolute Gasteiger partial charge is 0.449 e. The molecule has 8 nitrogen and oxygen atoms in total. The van der Waals surface area contributed by atoms with Gasteiger partial charge in [0.15, 0.2) is 6.10 Å². The Hall–Kier alpha value is -2.13. The van der Waals surface area contributed by atoms with E-state index in [0.29, 0.717) is 18.8 Å². The third-order valence-corrected chi connectivity index (χ3v) is 8.84. The molecule has 2 aliphatic heterocycles. The van der Waals surface area contributed by atoms with Crippen LogP contribution in [0.25, 0.3) is 0 Å². The highest BCUT2D eigenvalue weighted by atomic mass is 32.2. The van der Waals surface area contributed by atoms with Gasteiger partial charge in [0.2, 0.25) is 10.0 Å². The van der Waals surface area contributed by atoms with Gasteiger partial charge in [-0.3, -0.25) is 4.79 Å². The van der Waals surface area contributed by atoms with E-state index in [-0.39, 0.29) is 22.4 Å². The second-order valence-corrected chi connectivity index (χ2v) is 11.3. The lowest BCUT2D eigenvalue weighted by atomic mass is 10.1. The summed E-state index contributed by atoms with van der Waals surface area (Å²) in [7, 11) is -3.69. The summed E-state index contributed by atoms with van der Waals surface area (Å²) in [5.41, 5.74) is 0.869. The number of rotatable bonds is 7. The van der Waals surface area contributed by atoms with E-state index in [4.69, 9.17) is 4.74 Å². The lowest BCUT2D eigenvalue weighted by molar-refractivity contribution is -0.129. The van der Waals surface area contributed by atoms with Crippen molar-refractivity contribution in [3.05, 3.63) is 23.8 Å². The highest BCUT2D eigenvalue weighted by molar-refractivity contribution is 7.89. The van der Waals surface area contributed by atoms with Crippen molar-refractivity contribution < 1.29 is 22.7 Å². The number of nitrogens with one attached hydrogen (secondary N) is 1. The van der Waals surface area contributed by atoms with Crippen molar-refractivity contribution in [3.63, 3.8) is 0 Å². The Bertz CT molecular complexity index is 962. The van der Waals surface area contributed by atoms with Crippen LogP contribution in [0, 0.1) is 0 Å². The molecule has 33 heavy (non-hydrogen) atoms. The van der Waals surface area contributed by atoms with Gasteiger partial charge in [-0.15, -0.1) is 0 Å². The van der Waals surface area contributed by atoms with Gasteiger partial charge in [0.1, 0.15) is 0 Å².